The number of rotatable bonds is 7. The largest absolute Gasteiger partial charge is 0.364 e. The molecule has 0 atom stereocenters. The van der Waals surface area contributed by atoms with Gasteiger partial charge in [0.25, 0.3) is 0 Å². The van der Waals surface area contributed by atoms with Gasteiger partial charge in [0.05, 0.1) is 43.4 Å². The molecule has 0 aliphatic heterocycles. The number of para-hydroxylation sites is 1. The molecule has 2 heterocycles. The number of anilines is 1. The highest BCUT2D eigenvalue weighted by molar-refractivity contribution is 5.87. The van der Waals surface area contributed by atoms with Crippen molar-refractivity contribution in [2.24, 2.45) is 0 Å². The lowest BCUT2D eigenvalue weighted by atomic mass is 10.3. The molecule has 0 amide bonds. The summed E-state index contributed by atoms with van der Waals surface area (Å²) in [7, 11) is 0. The highest BCUT2D eigenvalue weighted by atomic mass is 15.3. The molecule has 0 saturated carbocycles. The Morgan fingerprint density at radius 2 is 1.87 bits per heavy atom. The minimum absolute atomic E-state index is 0.823. The molecule has 0 radical (unpaired) electrons. The number of hydrogen-bond donors (Lipinski definition) is 2. The maximum absolute atomic E-state index is 4.47. The number of nitrogens with one attached hydrogen (secondary N) is 2. The van der Waals surface area contributed by atoms with Crippen molar-refractivity contribution in [1.82, 2.24) is 19.7 Å². The summed E-state index contributed by atoms with van der Waals surface area (Å²) in [6.45, 7) is 8.68. The standard InChI is InChI=1S/C17H22N6/c1-3-22(4-2)11-10-18-16-15-12-21-23(17(15)20-13-19-16)14-8-6-5-7-9-14/h5-9,12-13H,3-4,10-11H2,1-2H3,(H,18,19,20)/p+1. The Morgan fingerprint density at radius 3 is 2.61 bits per heavy atom. The maximum atomic E-state index is 4.47. The third kappa shape index (κ3) is 3.32. The Balaban J connectivity index is 1.82. The van der Waals surface area contributed by atoms with E-state index in [2.05, 4.69) is 34.2 Å². The van der Waals surface area contributed by atoms with Gasteiger partial charge in [-0.05, 0) is 26.0 Å². The fourth-order valence-electron chi connectivity index (χ4n) is 2.70. The van der Waals surface area contributed by atoms with Crippen LogP contribution in [0.2, 0.25) is 0 Å². The lowest BCUT2D eigenvalue weighted by molar-refractivity contribution is -0.894. The van der Waals surface area contributed by atoms with Crippen molar-refractivity contribution < 1.29 is 4.90 Å². The van der Waals surface area contributed by atoms with Gasteiger partial charge >= 0.3 is 0 Å². The Kier molecular flexibility index (Phi) is 4.83. The summed E-state index contributed by atoms with van der Waals surface area (Å²) in [4.78, 5) is 10.3. The second-order valence-corrected chi connectivity index (χ2v) is 5.49. The Morgan fingerprint density at radius 1 is 1.09 bits per heavy atom. The summed E-state index contributed by atoms with van der Waals surface area (Å²) in [5, 5.41) is 8.85. The third-order valence-corrected chi connectivity index (χ3v) is 4.14. The molecule has 120 valence electrons. The lowest BCUT2D eigenvalue weighted by Gasteiger charge is -2.15. The smallest absolute Gasteiger partial charge is 0.168 e. The van der Waals surface area contributed by atoms with E-state index in [1.807, 2.05) is 41.2 Å². The number of fused-ring (bicyclic) bond motifs is 1. The van der Waals surface area contributed by atoms with Crippen molar-refractivity contribution in [2.45, 2.75) is 13.8 Å². The number of aromatic nitrogens is 4. The first-order chi connectivity index (χ1) is 11.3. The van der Waals surface area contributed by atoms with Crippen molar-refractivity contribution in [3.8, 4) is 5.69 Å². The highest BCUT2D eigenvalue weighted by Crippen LogP contribution is 2.21. The first-order valence-corrected chi connectivity index (χ1v) is 8.15. The molecule has 2 aromatic heterocycles. The zero-order valence-electron chi connectivity index (χ0n) is 13.7. The fraction of sp³-hybridized carbons (Fsp3) is 0.353. The summed E-state index contributed by atoms with van der Waals surface area (Å²) in [6.07, 6.45) is 3.42. The molecule has 0 saturated heterocycles. The van der Waals surface area contributed by atoms with E-state index in [0.717, 1.165) is 48.7 Å². The molecule has 0 aliphatic rings. The van der Waals surface area contributed by atoms with E-state index in [0.29, 0.717) is 0 Å². The molecule has 6 heteroatoms. The lowest BCUT2D eigenvalue weighted by Crippen LogP contribution is -3.12. The Labute approximate surface area is 136 Å². The van der Waals surface area contributed by atoms with Crippen molar-refractivity contribution in [3.05, 3.63) is 42.9 Å². The third-order valence-electron chi connectivity index (χ3n) is 4.14. The minimum Gasteiger partial charge on any atom is -0.364 e. The van der Waals surface area contributed by atoms with Crippen LogP contribution in [0.1, 0.15) is 13.8 Å². The monoisotopic (exact) mass is 311 g/mol. The van der Waals surface area contributed by atoms with Crippen molar-refractivity contribution in [2.75, 3.05) is 31.5 Å². The van der Waals surface area contributed by atoms with Crippen LogP contribution < -0.4 is 10.2 Å². The number of quaternary nitrogens is 1. The first-order valence-electron chi connectivity index (χ1n) is 8.15. The topological polar surface area (TPSA) is 60.1 Å². The van der Waals surface area contributed by atoms with Crippen LogP contribution >= 0.6 is 0 Å². The van der Waals surface area contributed by atoms with Gasteiger partial charge in [0.15, 0.2) is 5.65 Å². The Bertz CT molecular complexity index is 748. The van der Waals surface area contributed by atoms with Gasteiger partial charge in [-0.25, -0.2) is 14.6 Å². The molecule has 3 rings (SSSR count). The van der Waals surface area contributed by atoms with Gasteiger partial charge in [0.1, 0.15) is 12.1 Å². The van der Waals surface area contributed by atoms with Crippen LogP contribution in [0.4, 0.5) is 5.82 Å². The summed E-state index contributed by atoms with van der Waals surface area (Å²) in [5.74, 6) is 0.851. The first kappa shape index (κ1) is 15.4. The van der Waals surface area contributed by atoms with Crippen LogP contribution in [0.25, 0.3) is 16.7 Å². The van der Waals surface area contributed by atoms with Gasteiger partial charge in [-0.15, -0.1) is 0 Å². The zero-order valence-corrected chi connectivity index (χ0v) is 13.7. The van der Waals surface area contributed by atoms with E-state index in [4.69, 9.17) is 0 Å². The summed E-state index contributed by atoms with van der Waals surface area (Å²) >= 11 is 0. The molecule has 2 N–H and O–H groups in total. The second-order valence-electron chi connectivity index (χ2n) is 5.49. The zero-order chi connectivity index (χ0) is 16.1. The van der Waals surface area contributed by atoms with Gasteiger partial charge in [0, 0.05) is 0 Å². The molecule has 3 aromatic rings. The van der Waals surface area contributed by atoms with Crippen molar-refractivity contribution >= 4 is 16.9 Å². The molecular formula is C17H23N6+. The van der Waals surface area contributed by atoms with Gasteiger partial charge in [-0.1, -0.05) is 18.2 Å². The number of nitrogens with zero attached hydrogens (tertiary/aromatic N) is 4. The minimum atomic E-state index is 0.823. The summed E-state index contributed by atoms with van der Waals surface area (Å²) in [5.41, 5.74) is 1.82. The predicted octanol–water partition coefficient (Wildman–Crippen LogP) is 1.15. The van der Waals surface area contributed by atoms with Gasteiger partial charge in [-0.3, -0.25) is 0 Å². The molecule has 0 bridgehead atoms. The molecule has 6 nitrogen and oxygen atoms in total. The van der Waals surface area contributed by atoms with E-state index >= 15 is 0 Å². The molecule has 0 spiro atoms. The number of hydrogen-bond acceptors (Lipinski definition) is 4. The second kappa shape index (κ2) is 7.19. The Hall–Kier alpha value is -2.47. The SMILES string of the molecule is CC[NH+](CC)CCNc1ncnc2c1cnn2-c1ccccc1. The van der Waals surface area contributed by atoms with Crippen LogP contribution in [0.3, 0.4) is 0 Å². The van der Waals surface area contributed by atoms with Crippen LogP contribution in [0, 0.1) is 0 Å². The summed E-state index contributed by atoms with van der Waals surface area (Å²) < 4.78 is 1.85. The van der Waals surface area contributed by atoms with Gasteiger partial charge < -0.3 is 10.2 Å². The highest BCUT2D eigenvalue weighted by Gasteiger charge is 2.11. The van der Waals surface area contributed by atoms with Crippen LogP contribution in [0.5, 0.6) is 0 Å². The number of likely N-dealkylation sites (N-methyl/N-ethyl adjacent to an activating group) is 1. The van der Waals surface area contributed by atoms with Crippen LogP contribution in [0.15, 0.2) is 42.9 Å². The van der Waals surface area contributed by atoms with E-state index in [-0.39, 0.29) is 0 Å². The van der Waals surface area contributed by atoms with Crippen LogP contribution in [-0.2, 0) is 0 Å². The molecule has 23 heavy (non-hydrogen) atoms. The van der Waals surface area contributed by atoms with Gasteiger partial charge in [-0.2, -0.15) is 5.10 Å². The van der Waals surface area contributed by atoms with Crippen LogP contribution in [-0.4, -0.2) is 45.9 Å². The quantitative estimate of drug-likeness (QED) is 0.687. The normalized spacial score (nSPS) is 11.3. The van der Waals surface area contributed by atoms with Crippen molar-refractivity contribution in [1.29, 1.82) is 0 Å². The summed E-state index contributed by atoms with van der Waals surface area (Å²) in [6, 6.07) is 10.0. The van der Waals surface area contributed by atoms with E-state index in [1.54, 1.807) is 11.2 Å². The van der Waals surface area contributed by atoms with Gasteiger partial charge in [0.2, 0.25) is 0 Å². The molecule has 1 aromatic carbocycles. The molecule has 0 fully saturated rings. The number of benzene rings is 1. The predicted molar refractivity (Wildman–Crippen MR) is 92.1 cm³/mol. The molecular weight excluding hydrogens is 288 g/mol. The average molecular weight is 311 g/mol. The van der Waals surface area contributed by atoms with E-state index < -0.39 is 0 Å². The van der Waals surface area contributed by atoms with E-state index in [1.165, 1.54) is 0 Å². The van der Waals surface area contributed by atoms with Crippen molar-refractivity contribution in [3.63, 3.8) is 0 Å². The molecule has 0 unspecified atom stereocenters. The molecule has 0 aliphatic carbocycles. The maximum Gasteiger partial charge on any atom is 0.168 e. The fourth-order valence-corrected chi connectivity index (χ4v) is 2.70. The average Bonchev–Trinajstić information content (AvgIpc) is 3.04. The van der Waals surface area contributed by atoms with E-state index in [9.17, 15) is 0 Å².